The summed E-state index contributed by atoms with van der Waals surface area (Å²) in [5.74, 6) is 0.394. The molecule has 0 aliphatic rings. The minimum Gasteiger partial charge on any atom is -0.439 e. The van der Waals surface area contributed by atoms with Crippen LogP contribution in [0.2, 0.25) is 0 Å². The van der Waals surface area contributed by atoms with E-state index in [1.54, 1.807) is 29.6 Å². The summed E-state index contributed by atoms with van der Waals surface area (Å²) >= 11 is 1.33. The Morgan fingerprint density at radius 1 is 0.688 bits per heavy atom. The standard InChI is InChI=1S/C22H12F6N2OS/c23-21(24,25)15-5-1-13(2-6-15)18-12-32-20(30-18)14-3-8-17(9-4-14)31-19-10-7-16(11-29-19)22(26,27)28/h1-12H. The highest BCUT2D eigenvalue weighted by atomic mass is 32.1. The molecule has 4 aromatic rings. The third kappa shape index (κ3) is 4.91. The van der Waals surface area contributed by atoms with E-state index in [9.17, 15) is 26.3 Å². The molecule has 0 bridgehead atoms. The van der Waals surface area contributed by atoms with E-state index in [1.165, 1.54) is 23.5 Å². The Hall–Kier alpha value is -3.40. The number of pyridine rings is 1. The Kier molecular flexibility index (Phi) is 5.64. The van der Waals surface area contributed by atoms with Gasteiger partial charge in [0.25, 0.3) is 0 Å². The van der Waals surface area contributed by atoms with E-state index in [4.69, 9.17) is 4.74 Å². The lowest BCUT2D eigenvalue weighted by Gasteiger charge is -2.08. The summed E-state index contributed by atoms with van der Waals surface area (Å²) in [6, 6.07) is 13.4. The maximum absolute atomic E-state index is 12.7. The maximum Gasteiger partial charge on any atom is 0.417 e. The molecule has 0 atom stereocenters. The molecule has 0 N–H and O–H groups in total. The van der Waals surface area contributed by atoms with Gasteiger partial charge in [0.05, 0.1) is 16.8 Å². The largest absolute Gasteiger partial charge is 0.439 e. The van der Waals surface area contributed by atoms with Crippen LogP contribution in [0.3, 0.4) is 0 Å². The molecule has 10 heteroatoms. The highest BCUT2D eigenvalue weighted by molar-refractivity contribution is 7.13. The van der Waals surface area contributed by atoms with Crippen molar-refractivity contribution in [3.63, 3.8) is 0 Å². The van der Waals surface area contributed by atoms with Crippen LogP contribution < -0.4 is 4.74 Å². The molecule has 4 rings (SSSR count). The third-order valence-corrected chi connectivity index (χ3v) is 5.29. The number of rotatable bonds is 4. The second kappa shape index (κ2) is 8.27. The van der Waals surface area contributed by atoms with Crippen LogP contribution in [0.25, 0.3) is 21.8 Å². The van der Waals surface area contributed by atoms with Gasteiger partial charge >= 0.3 is 12.4 Å². The van der Waals surface area contributed by atoms with Gasteiger partial charge in [0.15, 0.2) is 0 Å². The van der Waals surface area contributed by atoms with Crippen LogP contribution in [0.5, 0.6) is 11.6 Å². The topological polar surface area (TPSA) is 35.0 Å². The van der Waals surface area contributed by atoms with E-state index in [0.29, 0.717) is 28.2 Å². The molecule has 0 aliphatic carbocycles. The number of ether oxygens (including phenoxy) is 1. The number of hydrogen-bond donors (Lipinski definition) is 0. The van der Waals surface area contributed by atoms with Gasteiger partial charge in [0, 0.05) is 28.8 Å². The van der Waals surface area contributed by atoms with Gasteiger partial charge in [-0.05, 0) is 42.5 Å². The van der Waals surface area contributed by atoms with Crippen LogP contribution in [0.1, 0.15) is 11.1 Å². The fourth-order valence-corrected chi connectivity index (χ4v) is 3.60. The number of aromatic nitrogens is 2. The average Bonchev–Trinajstić information content (AvgIpc) is 3.24. The molecular weight excluding hydrogens is 454 g/mol. The number of thiazole rings is 1. The molecule has 0 saturated heterocycles. The molecule has 0 spiro atoms. The van der Waals surface area contributed by atoms with Crippen LogP contribution in [-0.4, -0.2) is 9.97 Å². The van der Waals surface area contributed by atoms with Crippen molar-refractivity contribution in [1.29, 1.82) is 0 Å². The fraction of sp³-hybridized carbons (Fsp3) is 0.0909. The Morgan fingerprint density at radius 2 is 1.28 bits per heavy atom. The second-order valence-electron chi connectivity index (χ2n) is 6.62. The zero-order chi connectivity index (χ0) is 22.9. The van der Waals surface area contributed by atoms with Gasteiger partial charge in [-0.2, -0.15) is 26.3 Å². The summed E-state index contributed by atoms with van der Waals surface area (Å²) < 4.78 is 81.4. The Bertz CT molecular complexity index is 1200. The predicted octanol–water partition coefficient (Wildman–Crippen LogP) is 7.70. The van der Waals surface area contributed by atoms with E-state index >= 15 is 0 Å². The first kappa shape index (κ1) is 21.8. The zero-order valence-electron chi connectivity index (χ0n) is 15.9. The van der Waals surface area contributed by atoms with Gasteiger partial charge in [0.1, 0.15) is 10.8 Å². The summed E-state index contributed by atoms with van der Waals surface area (Å²) in [6.45, 7) is 0. The van der Waals surface area contributed by atoms with E-state index in [2.05, 4.69) is 9.97 Å². The Morgan fingerprint density at radius 3 is 1.84 bits per heavy atom. The highest BCUT2D eigenvalue weighted by Gasteiger charge is 2.31. The van der Waals surface area contributed by atoms with Crippen LogP contribution in [0, 0.1) is 0 Å². The Balaban J connectivity index is 1.46. The second-order valence-corrected chi connectivity index (χ2v) is 7.48. The zero-order valence-corrected chi connectivity index (χ0v) is 16.7. The van der Waals surface area contributed by atoms with Crippen molar-refractivity contribution < 1.29 is 31.1 Å². The first-order chi connectivity index (χ1) is 15.1. The minimum absolute atomic E-state index is 0.0181. The SMILES string of the molecule is FC(F)(F)c1ccc(-c2csc(-c3ccc(Oc4ccc(C(F)(F)F)cn4)cc3)n2)cc1. The molecule has 0 aliphatic heterocycles. The van der Waals surface area contributed by atoms with Crippen molar-refractivity contribution in [3.8, 4) is 33.5 Å². The van der Waals surface area contributed by atoms with Gasteiger partial charge in [-0.3, -0.25) is 0 Å². The van der Waals surface area contributed by atoms with Gasteiger partial charge in [0.2, 0.25) is 5.88 Å². The first-order valence-electron chi connectivity index (χ1n) is 9.04. The lowest BCUT2D eigenvalue weighted by molar-refractivity contribution is -0.138. The first-order valence-corrected chi connectivity index (χ1v) is 9.92. The van der Waals surface area contributed by atoms with E-state index in [-0.39, 0.29) is 5.88 Å². The maximum atomic E-state index is 12.7. The van der Waals surface area contributed by atoms with Crippen LogP contribution in [0.4, 0.5) is 26.3 Å². The molecular formula is C22H12F6N2OS. The van der Waals surface area contributed by atoms with E-state index < -0.39 is 23.5 Å². The van der Waals surface area contributed by atoms with Crippen molar-refractivity contribution in [2.75, 3.05) is 0 Å². The molecule has 2 aromatic heterocycles. The van der Waals surface area contributed by atoms with Crippen molar-refractivity contribution in [1.82, 2.24) is 9.97 Å². The van der Waals surface area contributed by atoms with E-state index in [0.717, 1.165) is 29.8 Å². The smallest absolute Gasteiger partial charge is 0.417 e. The summed E-state index contributed by atoms with van der Waals surface area (Å²) in [6.07, 6.45) is -8.17. The summed E-state index contributed by atoms with van der Waals surface area (Å²) in [7, 11) is 0. The summed E-state index contributed by atoms with van der Waals surface area (Å²) in [5, 5.41) is 2.40. The molecule has 0 unspecified atom stereocenters. The third-order valence-electron chi connectivity index (χ3n) is 4.40. The fourth-order valence-electron chi connectivity index (χ4n) is 2.76. The van der Waals surface area contributed by atoms with Gasteiger partial charge in [-0.15, -0.1) is 11.3 Å². The molecule has 0 amide bonds. The number of halogens is 6. The van der Waals surface area contributed by atoms with Crippen molar-refractivity contribution >= 4 is 11.3 Å². The van der Waals surface area contributed by atoms with Crippen molar-refractivity contribution in [2.24, 2.45) is 0 Å². The molecule has 3 nitrogen and oxygen atoms in total. The van der Waals surface area contributed by atoms with Crippen LogP contribution in [0.15, 0.2) is 72.2 Å². The molecule has 32 heavy (non-hydrogen) atoms. The number of hydrogen-bond acceptors (Lipinski definition) is 4. The Labute approximate surface area is 182 Å². The number of alkyl halides is 6. The lowest BCUT2D eigenvalue weighted by Crippen LogP contribution is -2.05. The molecule has 164 valence electrons. The minimum atomic E-state index is -4.47. The predicted molar refractivity (Wildman–Crippen MR) is 107 cm³/mol. The van der Waals surface area contributed by atoms with E-state index in [1.807, 2.05) is 0 Å². The van der Waals surface area contributed by atoms with Gasteiger partial charge < -0.3 is 4.74 Å². The quantitative estimate of drug-likeness (QED) is 0.289. The van der Waals surface area contributed by atoms with Crippen molar-refractivity contribution in [3.05, 3.63) is 83.4 Å². The van der Waals surface area contributed by atoms with Gasteiger partial charge in [-0.1, -0.05) is 12.1 Å². The molecule has 0 fully saturated rings. The monoisotopic (exact) mass is 466 g/mol. The van der Waals surface area contributed by atoms with Crippen molar-refractivity contribution in [2.45, 2.75) is 12.4 Å². The number of benzene rings is 2. The van der Waals surface area contributed by atoms with Crippen LogP contribution >= 0.6 is 11.3 Å². The van der Waals surface area contributed by atoms with Gasteiger partial charge in [-0.25, -0.2) is 9.97 Å². The number of nitrogens with zero attached hydrogens (tertiary/aromatic N) is 2. The van der Waals surface area contributed by atoms with Crippen LogP contribution in [-0.2, 0) is 12.4 Å². The normalized spacial score (nSPS) is 12.1. The summed E-state index contributed by atoms with van der Waals surface area (Å²) in [4.78, 5) is 8.12. The highest BCUT2D eigenvalue weighted by Crippen LogP contribution is 2.34. The molecule has 2 heterocycles. The summed E-state index contributed by atoms with van der Waals surface area (Å²) in [5.41, 5.74) is 0.269. The average molecular weight is 466 g/mol. The molecule has 2 aromatic carbocycles. The molecule has 0 saturated carbocycles. The molecule has 0 radical (unpaired) electrons. The lowest BCUT2D eigenvalue weighted by atomic mass is 10.1.